The van der Waals surface area contributed by atoms with Crippen LogP contribution in [0.4, 0.5) is 13.2 Å². The molecule has 1 aliphatic rings. The molecule has 0 spiro atoms. The molecule has 1 aromatic carbocycles. The van der Waals surface area contributed by atoms with Crippen LogP contribution < -0.4 is 5.32 Å². The molecule has 0 radical (unpaired) electrons. The van der Waals surface area contributed by atoms with Gasteiger partial charge in [-0.2, -0.15) is 13.2 Å². The highest BCUT2D eigenvalue weighted by molar-refractivity contribution is 7.80. The molecule has 1 saturated heterocycles. The molecule has 32 heavy (non-hydrogen) atoms. The van der Waals surface area contributed by atoms with Crippen LogP contribution in [0.1, 0.15) is 53.6 Å². The Morgan fingerprint density at radius 2 is 1.88 bits per heavy atom. The van der Waals surface area contributed by atoms with Gasteiger partial charge < -0.3 is 14.8 Å². The number of thiocarbonyl (C=S) groups is 1. The summed E-state index contributed by atoms with van der Waals surface area (Å²) in [6.07, 6.45) is -1.72. The molecule has 8 heteroatoms. The third-order valence-corrected chi connectivity index (χ3v) is 6.24. The molecule has 0 aliphatic carbocycles. The lowest BCUT2D eigenvalue weighted by molar-refractivity contribution is -0.137. The molecule has 4 rings (SSSR count). The lowest BCUT2D eigenvalue weighted by atomic mass is 9.96. The van der Waals surface area contributed by atoms with Gasteiger partial charge in [0.2, 0.25) is 0 Å². The molecule has 0 amide bonds. The molecule has 168 valence electrons. The number of pyridine rings is 1. The maximum Gasteiger partial charge on any atom is 0.416 e. The van der Waals surface area contributed by atoms with Crippen molar-refractivity contribution in [1.29, 1.82) is 0 Å². The van der Waals surface area contributed by atoms with Crippen molar-refractivity contribution >= 4 is 17.3 Å². The second-order valence-electron chi connectivity index (χ2n) is 8.03. The third-order valence-electron chi connectivity index (χ3n) is 5.88. The summed E-state index contributed by atoms with van der Waals surface area (Å²) in [5, 5.41) is 4.08. The van der Waals surface area contributed by atoms with Gasteiger partial charge in [-0.1, -0.05) is 19.1 Å². The summed E-state index contributed by atoms with van der Waals surface area (Å²) < 4.78 is 41.8. The minimum absolute atomic E-state index is 0.108. The Hall–Kier alpha value is -2.87. The van der Waals surface area contributed by atoms with Crippen molar-refractivity contribution in [2.45, 2.75) is 45.5 Å². The topological polar surface area (TPSA) is 33.1 Å². The van der Waals surface area contributed by atoms with E-state index in [1.165, 1.54) is 12.1 Å². The first-order chi connectivity index (χ1) is 15.2. The number of alkyl halides is 3. The molecule has 1 fully saturated rings. The zero-order valence-electron chi connectivity index (χ0n) is 18.1. The van der Waals surface area contributed by atoms with Crippen LogP contribution in [0.25, 0.3) is 5.69 Å². The fourth-order valence-corrected chi connectivity index (χ4v) is 4.86. The monoisotopic (exact) mass is 458 g/mol. The van der Waals surface area contributed by atoms with Gasteiger partial charge in [0.25, 0.3) is 0 Å². The van der Waals surface area contributed by atoms with Gasteiger partial charge in [-0.15, -0.1) is 0 Å². The Kier molecular flexibility index (Phi) is 5.99. The fraction of sp³-hybridized carbons (Fsp3) is 0.333. The van der Waals surface area contributed by atoms with Crippen molar-refractivity contribution in [2.24, 2.45) is 0 Å². The number of aryl methyl sites for hydroxylation is 1. The van der Waals surface area contributed by atoms with E-state index >= 15 is 0 Å². The molecule has 1 N–H and O–H groups in total. The normalized spacial score (nSPS) is 18.8. The minimum atomic E-state index is -4.39. The van der Waals surface area contributed by atoms with Gasteiger partial charge in [-0.05, 0) is 74.4 Å². The lowest BCUT2D eigenvalue weighted by Gasteiger charge is -2.27. The summed E-state index contributed by atoms with van der Waals surface area (Å²) in [7, 11) is 0. The maximum absolute atomic E-state index is 13.3. The Morgan fingerprint density at radius 3 is 2.53 bits per heavy atom. The second-order valence-corrected chi connectivity index (χ2v) is 8.42. The van der Waals surface area contributed by atoms with Gasteiger partial charge in [0, 0.05) is 29.8 Å². The molecule has 0 unspecified atom stereocenters. The number of hydrogen-bond donors (Lipinski definition) is 1. The fourth-order valence-electron chi connectivity index (χ4n) is 4.53. The zero-order valence-corrected chi connectivity index (χ0v) is 19.0. The molecule has 0 bridgehead atoms. The standard InChI is InChI=1S/C24H25F3N4S/c1-4-12-30-22(21(29-23(30)32)20-10-5-6-11-28-20)19-13-15(2)31(16(19)3)18-9-7-8-17(14-18)24(25,26)27/h5-11,13-14,21-22H,4,12H2,1-3H3,(H,29,32)/t21-,22-/m1/s1. The Balaban J connectivity index is 1.83. The molecule has 2 aromatic heterocycles. The molecular weight excluding hydrogens is 433 g/mol. The van der Waals surface area contributed by atoms with Crippen molar-refractivity contribution in [2.75, 3.05) is 6.54 Å². The average molecular weight is 459 g/mol. The van der Waals surface area contributed by atoms with Crippen LogP contribution in [0.5, 0.6) is 0 Å². The van der Waals surface area contributed by atoms with Crippen LogP contribution in [0, 0.1) is 13.8 Å². The zero-order chi connectivity index (χ0) is 23.0. The molecule has 0 saturated carbocycles. The molecule has 1 aliphatic heterocycles. The van der Waals surface area contributed by atoms with Crippen LogP contribution in [-0.4, -0.2) is 26.1 Å². The number of halogens is 3. The predicted octanol–water partition coefficient (Wildman–Crippen LogP) is 5.89. The van der Waals surface area contributed by atoms with Crippen molar-refractivity contribution in [3.8, 4) is 5.69 Å². The van der Waals surface area contributed by atoms with Gasteiger partial charge >= 0.3 is 6.18 Å². The van der Waals surface area contributed by atoms with E-state index in [2.05, 4.69) is 28.2 Å². The van der Waals surface area contributed by atoms with Gasteiger partial charge in [0.15, 0.2) is 5.11 Å². The third kappa shape index (κ3) is 3.99. The van der Waals surface area contributed by atoms with Gasteiger partial charge in [-0.25, -0.2) is 0 Å². The molecule has 3 heterocycles. The van der Waals surface area contributed by atoms with Crippen molar-refractivity contribution < 1.29 is 13.2 Å². The van der Waals surface area contributed by atoms with Crippen molar-refractivity contribution in [3.63, 3.8) is 0 Å². The summed E-state index contributed by atoms with van der Waals surface area (Å²) in [5.74, 6) is 0. The highest BCUT2D eigenvalue weighted by Crippen LogP contribution is 2.41. The second kappa shape index (κ2) is 8.58. The van der Waals surface area contributed by atoms with E-state index in [0.717, 1.165) is 41.7 Å². The first kappa shape index (κ1) is 22.3. The van der Waals surface area contributed by atoms with Gasteiger partial charge in [-0.3, -0.25) is 4.98 Å². The maximum atomic E-state index is 13.3. The number of aromatic nitrogens is 2. The predicted molar refractivity (Wildman–Crippen MR) is 123 cm³/mol. The Morgan fingerprint density at radius 1 is 1.09 bits per heavy atom. The average Bonchev–Trinajstić information content (AvgIpc) is 3.24. The summed E-state index contributed by atoms with van der Waals surface area (Å²) in [6, 6.07) is 13.0. The van der Waals surface area contributed by atoms with Crippen LogP contribution in [-0.2, 0) is 6.18 Å². The summed E-state index contributed by atoms with van der Waals surface area (Å²) >= 11 is 5.65. The minimum Gasteiger partial charge on any atom is -0.352 e. The van der Waals surface area contributed by atoms with E-state index in [-0.39, 0.29) is 12.1 Å². The van der Waals surface area contributed by atoms with Crippen LogP contribution in [0.2, 0.25) is 0 Å². The van der Waals surface area contributed by atoms with E-state index in [1.807, 2.05) is 36.6 Å². The number of hydrogen-bond acceptors (Lipinski definition) is 2. The van der Waals surface area contributed by atoms with E-state index in [0.29, 0.717) is 10.8 Å². The van der Waals surface area contributed by atoms with Crippen LogP contribution in [0.15, 0.2) is 54.7 Å². The van der Waals surface area contributed by atoms with Crippen LogP contribution >= 0.6 is 12.2 Å². The van der Waals surface area contributed by atoms with E-state index in [4.69, 9.17) is 12.2 Å². The van der Waals surface area contributed by atoms with Gasteiger partial charge in [0.05, 0.1) is 23.3 Å². The van der Waals surface area contributed by atoms with Crippen LogP contribution in [0.3, 0.4) is 0 Å². The first-order valence-electron chi connectivity index (χ1n) is 10.6. The SMILES string of the molecule is CCCN1C(=S)N[C@H](c2ccccn2)[C@H]1c1cc(C)n(-c2cccc(C(F)(F)F)c2)c1C. The number of benzene rings is 1. The Labute approximate surface area is 191 Å². The van der Waals surface area contributed by atoms with E-state index < -0.39 is 11.7 Å². The highest BCUT2D eigenvalue weighted by atomic mass is 32.1. The number of nitrogens with one attached hydrogen (secondary N) is 1. The summed E-state index contributed by atoms with van der Waals surface area (Å²) in [6.45, 7) is 6.73. The Bertz CT molecular complexity index is 1120. The van der Waals surface area contributed by atoms with Crippen molar-refractivity contribution in [3.05, 3.63) is 82.9 Å². The molecule has 3 aromatic rings. The summed E-state index contributed by atoms with van der Waals surface area (Å²) in [4.78, 5) is 6.70. The number of rotatable bonds is 5. The lowest BCUT2D eigenvalue weighted by Crippen LogP contribution is -2.30. The van der Waals surface area contributed by atoms with Crippen molar-refractivity contribution in [1.82, 2.24) is 19.8 Å². The highest BCUT2D eigenvalue weighted by Gasteiger charge is 2.41. The quantitative estimate of drug-likeness (QED) is 0.484. The van der Waals surface area contributed by atoms with E-state index in [9.17, 15) is 13.2 Å². The summed E-state index contributed by atoms with van der Waals surface area (Å²) in [5.41, 5.74) is 3.49. The molecule has 4 nitrogen and oxygen atoms in total. The first-order valence-corrected chi connectivity index (χ1v) is 11.0. The largest absolute Gasteiger partial charge is 0.416 e. The molecular formula is C24H25F3N4S. The number of nitrogens with zero attached hydrogens (tertiary/aromatic N) is 3. The van der Waals surface area contributed by atoms with E-state index in [1.54, 1.807) is 12.3 Å². The van der Waals surface area contributed by atoms with Gasteiger partial charge in [0.1, 0.15) is 0 Å². The smallest absolute Gasteiger partial charge is 0.352 e. The molecule has 2 atom stereocenters.